The Morgan fingerprint density at radius 2 is 2.09 bits per heavy atom. The Balaban J connectivity index is 2.94. The van der Waals surface area contributed by atoms with Crippen molar-refractivity contribution in [2.45, 2.75) is 40.0 Å². The van der Waals surface area contributed by atoms with Crippen LogP contribution in [0.5, 0.6) is 0 Å². The topological polar surface area (TPSA) is 13.1 Å². The Bertz CT molecular complexity index is 235. The van der Waals surface area contributed by atoms with Crippen molar-refractivity contribution in [3.63, 3.8) is 0 Å². The molecule has 1 nitrogen and oxygen atoms in total. The summed E-state index contributed by atoms with van der Waals surface area (Å²) in [5.41, 5.74) is 2.58. The van der Waals surface area contributed by atoms with Gasteiger partial charge in [0, 0.05) is 5.92 Å². The van der Waals surface area contributed by atoms with Crippen LogP contribution in [0.4, 0.5) is 0 Å². The Morgan fingerprint density at radius 3 is 2.45 bits per heavy atom. The van der Waals surface area contributed by atoms with E-state index in [9.17, 15) is 0 Å². The minimum Gasteiger partial charge on any atom is -0.469 e. The van der Waals surface area contributed by atoms with E-state index in [2.05, 4.69) is 27.7 Å². The van der Waals surface area contributed by atoms with Crippen molar-refractivity contribution < 1.29 is 4.42 Å². The largest absolute Gasteiger partial charge is 0.469 e. The number of rotatable bonds is 2. The van der Waals surface area contributed by atoms with E-state index in [1.165, 1.54) is 11.1 Å². The van der Waals surface area contributed by atoms with Gasteiger partial charge in [-0.1, -0.05) is 13.8 Å². The predicted octanol–water partition coefficient (Wildman–Crippen LogP) is 3.41. The highest BCUT2D eigenvalue weighted by atomic mass is 16.3. The zero-order valence-corrected chi connectivity index (χ0v) is 7.77. The van der Waals surface area contributed by atoms with Gasteiger partial charge in [0.15, 0.2) is 0 Å². The van der Waals surface area contributed by atoms with Gasteiger partial charge >= 0.3 is 0 Å². The first kappa shape index (κ1) is 8.38. The van der Waals surface area contributed by atoms with E-state index in [0.717, 1.165) is 12.2 Å². The highest BCUT2D eigenvalue weighted by Gasteiger charge is 2.11. The average molecular weight is 152 g/mol. The molecule has 0 radical (unpaired) electrons. The Morgan fingerprint density at radius 1 is 1.45 bits per heavy atom. The van der Waals surface area contributed by atoms with Crippen molar-refractivity contribution in [1.29, 1.82) is 0 Å². The summed E-state index contributed by atoms with van der Waals surface area (Å²) in [6, 6.07) is 0. The molecule has 1 aromatic rings. The number of aryl methyl sites for hydroxylation is 1. The zero-order chi connectivity index (χ0) is 8.43. The third kappa shape index (κ3) is 1.47. The number of furan rings is 1. The summed E-state index contributed by atoms with van der Waals surface area (Å²) in [4.78, 5) is 0. The molecule has 0 fully saturated rings. The predicted molar refractivity (Wildman–Crippen MR) is 46.9 cm³/mol. The molecule has 0 saturated heterocycles. The van der Waals surface area contributed by atoms with Gasteiger partial charge in [-0.3, -0.25) is 0 Å². The fourth-order valence-electron chi connectivity index (χ4n) is 1.19. The highest BCUT2D eigenvalue weighted by Crippen LogP contribution is 2.25. The lowest BCUT2D eigenvalue weighted by Gasteiger charge is -2.05. The second-order valence-electron chi connectivity index (χ2n) is 3.22. The summed E-state index contributed by atoms with van der Waals surface area (Å²) >= 11 is 0. The maximum absolute atomic E-state index is 5.45. The summed E-state index contributed by atoms with van der Waals surface area (Å²) in [5.74, 6) is 1.72. The first-order chi connectivity index (χ1) is 5.16. The second kappa shape index (κ2) is 3.12. The van der Waals surface area contributed by atoms with Crippen molar-refractivity contribution in [2.75, 3.05) is 0 Å². The first-order valence-corrected chi connectivity index (χ1v) is 4.21. The standard InChI is InChI=1S/C10H16O/c1-5-7(2)10-9(4)8(3)6-11-10/h6-7H,5H2,1-4H3. The van der Waals surface area contributed by atoms with E-state index in [-0.39, 0.29) is 0 Å². The molecule has 11 heavy (non-hydrogen) atoms. The van der Waals surface area contributed by atoms with Gasteiger partial charge < -0.3 is 4.42 Å². The lowest BCUT2D eigenvalue weighted by atomic mass is 10.0. The molecule has 0 saturated carbocycles. The molecule has 1 aromatic heterocycles. The quantitative estimate of drug-likeness (QED) is 0.633. The van der Waals surface area contributed by atoms with Crippen LogP contribution in [0.2, 0.25) is 0 Å². The van der Waals surface area contributed by atoms with Crippen molar-refractivity contribution in [2.24, 2.45) is 0 Å². The van der Waals surface area contributed by atoms with Crippen molar-refractivity contribution in [3.8, 4) is 0 Å². The molecular formula is C10H16O. The van der Waals surface area contributed by atoms with Gasteiger partial charge in [-0.2, -0.15) is 0 Å². The van der Waals surface area contributed by atoms with Crippen LogP contribution in [0.1, 0.15) is 43.1 Å². The smallest absolute Gasteiger partial charge is 0.109 e. The molecular weight excluding hydrogens is 136 g/mol. The van der Waals surface area contributed by atoms with Gasteiger partial charge in [-0.15, -0.1) is 0 Å². The molecule has 0 bridgehead atoms. The van der Waals surface area contributed by atoms with Crippen LogP contribution in [-0.4, -0.2) is 0 Å². The minimum absolute atomic E-state index is 0.559. The molecule has 0 amide bonds. The van der Waals surface area contributed by atoms with Crippen molar-refractivity contribution in [1.82, 2.24) is 0 Å². The summed E-state index contributed by atoms with van der Waals surface area (Å²) in [6.45, 7) is 8.60. The second-order valence-corrected chi connectivity index (χ2v) is 3.22. The minimum atomic E-state index is 0.559. The maximum Gasteiger partial charge on any atom is 0.109 e. The van der Waals surface area contributed by atoms with Crippen LogP contribution >= 0.6 is 0 Å². The summed E-state index contributed by atoms with van der Waals surface area (Å²) in [6.07, 6.45) is 2.99. The molecule has 1 heterocycles. The average Bonchev–Trinajstić information content (AvgIpc) is 2.32. The molecule has 0 N–H and O–H groups in total. The third-order valence-electron chi connectivity index (χ3n) is 2.38. The van der Waals surface area contributed by atoms with Crippen molar-refractivity contribution >= 4 is 0 Å². The van der Waals surface area contributed by atoms with E-state index in [1.807, 2.05) is 6.26 Å². The van der Waals surface area contributed by atoms with E-state index >= 15 is 0 Å². The number of hydrogen-bond acceptors (Lipinski definition) is 1. The third-order valence-corrected chi connectivity index (χ3v) is 2.38. The molecule has 0 aliphatic rings. The molecule has 1 heteroatoms. The lowest BCUT2D eigenvalue weighted by molar-refractivity contribution is 0.465. The fraction of sp³-hybridized carbons (Fsp3) is 0.600. The molecule has 0 aromatic carbocycles. The molecule has 0 spiro atoms. The molecule has 0 aliphatic heterocycles. The Hall–Kier alpha value is -0.720. The normalized spacial score (nSPS) is 13.5. The van der Waals surface area contributed by atoms with Crippen LogP contribution in [0.15, 0.2) is 10.7 Å². The van der Waals surface area contributed by atoms with Gasteiger partial charge in [0.2, 0.25) is 0 Å². The molecule has 1 rings (SSSR count). The van der Waals surface area contributed by atoms with Gasteiger partial charge in [0.05, 0.1) is 6.26 Å². The highest BCUT2D eigenvalue weighted by molar-refractivity contribution is 5.26. The lowest BCUT2D eigenvalue weighted by Crippen LogP contribution is -1.90. The van der Waals surface area contributed by atoms with E-state index in [1.54, 1.807) is 0 Å². The molecule has 0 aliphatic carbocycles. The molecule has 62 valence electrons. The summed E-state index contributed by atoms with van der Waals surface area (Å²) in [7, 11) is 0. The van der Waals surface area contributed by atoms with Crippen LogP contribution in [0.25, 0.3) is 0 Å². The summed E-state index contributed by atoms with van der Waals surface area (Å²) < 4.78 is 5.45. The van der Waals surface area contributed by atoms with Crippen LogP contribution in [0, 0.1) is 13.8 Å². The monoisotopic (exact) mass is 152 g/mol. The Labute approximate surface area is 68.4 Å². The molecule has 1 atom stereocenters. The Kier molecular flexibility index (Phi) is 2.38. The van der Waals surface area contributed by atoms with Crippen LogP contribution in [0.3, 0.4) is 0 Å². The van der Waals surface area contributed by atoms with Crippen LogP contribution in [-0.2, 0) is 0 Å². The van der Waals surface area contributed by atoms with Gasteiger partial charge in [0.25, 0.3) is 0 Å². The number of hydrogen-bond donors (Lipinski definition) is 0. The molecule has 1 unspecified atom stereocenters. The van der Waals surface area contributed by atoms with Gasteiger partial charge in [-0.05, 0) is 31.4 Å². The van der Waals surface area contributed by atoms with E-state index < -0.39 is 0 Å². The fourth-order valence-corrected chi connectivity index (χ4v) is 1.19. The maximum atomic E-state index is 5.45. The van der Waals surface area contributed by atoms with E-state index in [4.69, 9.17) is 4.42 Å². The van der Waals surface area contributed by atoms with Gasteiger partial charge in [-0.25, -0.2) is 0 Å². The summed E-state index contributed by atoms with van der Waals surface area (Å²) in [5, 5.41) is 0. The van der Waals surface area contributed by atoms with Crippen molar-refractivity contribution in [3.05, 3.63) is 23.2 Å². The van der Waals surface area contributed by atoms with E-state index in [0.29, 0.717) is 5.92 Å². The SMILES string of the molecule is CCC(C)c1occ(C)c1C. The van der Waals surface area contributed by atoms with Gasteiger partial charge in [0.1, 0.15) is 5.76 Å². The van der Waals surface area contributed by atoms with Crippen LogP contribution < -0.4 is 0 Å². The first-order valence-electron chi connectivity index (χ1n) is 4.21. The zero-order valence-electron chi connectivity index (χ0n) is 7.77.